The van der Waals surface area contributed by atoms with Crippen molar-refractivity contribution in [3.63, 3.8) is 0 Å². The Bertz CT molecular complexity index is 584. The maximum absolute atomic E-state index is 5.96. The van der Waals surface area contributed by atoms with Gasteiger partial charge in [0.2, 0.25) is 0 Å². The summed E-state index contributed by atoms with van der Waals surface area (Å²) in [5.74, 6) is 1.15. The average Bonchev–Trinajstić information content (AvgIpc) is 2.74. The fourth-order valence-corrected chi connectivity index (χ4v) is 2.84. The van der Waals surface area contributed by atoms with Gasteiger partial charge >= 0.3 is 0 Å². The van der Waals surface area contributed by atoms with E-state index in [0.29, 0.717) is 12.6 Å². The van der Waals surface area contributed by atoms with Gasteiger partial charge in [0.1, 0.15) is 5.82 Å². The van der Waals surface area contributed by atoms with E-state index in [1.54, 1.807) is 0 Å². The Morgan fingerprint density at radius 2 is 2.00 bits per heavy atom. The number of benzene rings is 1. The molecule has 0 saturated heterocycles. The van der Waals surface area contributed by atoms with Crippen LogP contribution in [-0.4, -0.2) is 22.9 Å². The Labute approximate surface area is 120 Å². The van der Waals surface area contributed by atoms with Crippen molar-refractivity contribution in [2.24, 2.45) is 5.73 Å². The minimum absolute atomic E-state index is 0.533. The van der Waals surface area contributed by atoms with E-state index in [2.05, 4.69) is 24.1 Å². The van der Waals surface area contributed by atoms with Crippen molar-refractivity contribution in [3.8, 4) is 5.69 Å². The first-order valence-electron chi connectivity index (χ1n) is 7.29. The highest BCUT2D eigenvalue weighted by molar-refractivity contribution is 5.55. The summed E-state index contributed by atoms with van der Waals surface area (Å²) < 4.78 is 2.04. The van der Waals surface area contributed by atoms with E-state index in [1.165, 1.54) is 19.3 Å². The standard InChI is InChI=1S/C16H22N4/c1-12-15(11-17)16(19(2)13-9-6-10-13)20(18-12)14-7-4-3-5-8-14/h3-5,7-8,13H,6,9-11,17H2,1-2H3. The fourth-order valence-electron chi connectivity index (χ4n) is 2.84. The van der Waals surface area contributed by atoms with Crippen molar-refractivity contribution >= 4 is 5.82 Å². The molecule has 20 heavy (non-hydrogen) atoms. The molecule has 3 rings (SSSR count). The summed E-state index contributed by atoms with van der Waals surface area (Å²) in [6.07, 6.45) is 3.85. The van der Waals surface area contributed by atoms with E-state index < -0.39 is 0 Å². The number of hydrogen-bond donors (Lipinski definition) is 1. The maximum atomic E-state index is 5.96. The van der Waals surface area contributed by atoms with Crippen molar-refractivity contribution in [1.82, 2.24) is 9.78 Å². The molecule has 0 atom stereocenters. The monoisotopic (exact) mass is 270 g/mol. The van der Waals surface area contributed by atoms with Crippen molar-refractivity contribution in [2.75, 3.05) is 11.9 Å². The summed E-state index contributed by atoms with van der Waals surface area (Å²) in [6.45, 7) is 2.57. The van der Waals surface area contributed by atoms with Gasteiger partial charge < -0.3 is 10.6 Å². The summed E-state index contributed by atoms with van der Waals surface area (Å²) >= 11 is 0. The summed E-state index contributed by atoms with van der Waals surface area (Å²) in [5, 5.41) is 4.71. The van der Waals surface area contributed by atoms with Gasteiger partial charge in [0.05, 0.1) is 11.4 Å². The van der Waals surface area contributed by atoms with E-state index in [4.69, 9.17) is 10.8 Å². The van der Waals surface area contributed by atoms with Crippen LogP contribution in [0.25, 0.3) is 5.69 Å². The van der Waals surface area contributed by atoms with Gasteiger partial charge in [-0.05, 0) is 38.3 Å². The molecule has 1 aromatic carbocycles. The third kappa shape index (κ3) is 2.10. The Morgan fingerprint density at radius 3 is 2.55 bits per heavy atom. The number of anilines is 1. The Balaban J connectivity index is 2.09. The van der Waals surface area contributed by atoms with Gasteiger partial charge in [-0.25, -0.2) is 4.68 Å². The minimum Gasteiger partial charge on any atom is -0.356 e. The van der Waals surface area contributed by atoms with Crippen molar-refractivity contribution in [3.05, 3.63) is 41.6 Å². The molecule has 1 aliphatic rings. The van der Waals surface area contributed by atoms with Crippen LogP contribution < -0.4 is 10.6 Å². The smallest absolute Gasteiger partial charge is 0.137 e. The van der Waals surface area contributed by atoms with Gasteiger partial charge in [-0.1, -0.05) is 18.2 Å². The van der Waals surface area contributed by atoms with Gasteiger partial charge in [-0.3, -0.25) is 0 Å². The summed E-state index contributed by atoms with van der Waals surface area (Å²) in [5.41, 5.74) is 9.24. The molecule has 0 spiro atoms. The SMILES string of the molecule is Cc1nn(-c2ccccc2)c(N(C)C2CCC2)c1CN. The highest BCUT2D eigenvalue weighted by Crippen LogP contribution is 2.33. The van der Waals surface area contributed by atoms with Gasteiger partial charge in [0.25, 0.3) is 0 Å². The van der Waals surface area contributed by atoms with Gasteiger partial charge in [-0.2, -0.15) is 5.10 Å². The fraction of sp³-hybridized carbons (Fsp3) is 0.438. The second kappa shape index (κ2) is 5.29. The lowest BCUT2D eigenvalue weighted by molar-refractivity contribution is 0.397. The Morgan fingerprint density at radius 1 is 1.30 bits per heavy atom. The van der Waals surface area contributed by atoms with E-state index in [0.717, 1.165) is 22.8 Å². The first-order valence-corrected chi connectivity index (χ1v) is 7.29. The van der Waals surface area contributed by atoms with Crippen LogP contribution in [0.1, 0.15) is 30.5 Å². The topological polar surface area (TPSA) is 47.1 Å². The van der Waals surface area contributed by atoms with Crippen molar-refractivity contribution in [2.45, 2.75) is 38.8 Å². The predicted octanol–water partition coefficient (Wildman–Crippen LogP) is 2.63. The second-order valence-corrected chi connectivity index (χ2v) is 5.53. The molecule has 0 bridgehead atoms. The number of rotatable bonds is 4. The van der Waals surface area contributed by atoms with Gasteiger partial charge in [-0.15, -0.1) is 0 Å². The highest BCUT2D eigenvalue weighted by Gasteiger charge is 2.27. The summed E-state index contributed by atoms with van der Waals surface area (Å²) in [6, 6.07) is 10.9. The summed E-state index contributed by atoms with van der Waals surface area (Å²) in [7, 11) is 2.17. The highest BCUT2D eigenvalue weighted by atomic mass is 15.4. The molecule has 0 aliphatic heterocycles. The Hall–Kier alpha value is -1.81. The van der Waals surface area contributed by atoms with Crippen LogP contribution in [0.15, 0.2) is 30.3 Å². The lowest BCUT2D eigenvalue weighted by Gasteiger charge is -2.36. The Kier molecular flexibility index (Phi) is 3.49. The molecule has 1 saturated carbocycles. The molecular formula is C16H22N4. The average molecular weight is 270 g/mol. The summed E-state index contributed by atoms with van der Waals surface area (Å²) in [4.78, 5) is 2.36. The number of aromatic nitrogens is 2. The number of para-hydroxylation sites is 1. The molecule has 1 aliphatic carbocycles. The largest absolute Gasteiger partial charge is 0.356 e. The lowest BCUT2D eigenvalue weighted by atomic mass is 9.91. The first kappa shape index (κ1) is 13.2. The van der Waals surface area contributed by atoms with Crippen LogP contribution in [0.5, 0.6) is 0 Å². The van der Waals surface area contributed by atoms with E-state index in [9.17, 15) is 0 Å². The molecule has 0 unspecified atom stereocenters. The van der Waals surface area contributed by atoms with Crippen LogP contribution >= 0.6 is 0 Å². The number of nitrogens with two attached hydrogens (primary N) is 1. The minimum atomic E-state index is 0.533. The van der Waals surface area contributed by atoms with Crippen LogP contribution in [-0.2, 0) is 6.54 Å². The molecule has 1 heterocycles. The lowest BCUT2D eigenvalue weighted by Crippen LogP contribution is -2.38. The second-order valence-electron chi connectivity index (χ2n) is 5.53. The van der Waals surface area contributed by atoms with E-state index in [1.807, 2.05) is 29.8 Å². The van der Waals surface area contributed by atoms with Crippen LogP contribution in [0, 0.1) is 6.92 Å². The van der Waals surface area contributed by atoms with Crippen molar-refractivity contribution < 1.29 is 0 Å². The van der Waals surface area contributed by atoms with Crippen LogP contribution in [0.4, 0.5) is 5.82 Å². The third-order valence-electron chi connectivity index (χ3n) is 4.32. The van der Waals surface area contributed by atoms with Crippen LogP contribution in [0.2, 0.25) is 0 Å². The molecule has 2 aromatic rings. The maximum Gasteiger partial charge on any atom is 0.137 e. The number of aryl methyl sites for hydroxylation is 1. The molecule has 4 nitrogen and oxygen atoms in total. The van der Waals surface area contributed by atoms with Crippen LogP contribution in [0.3, 0.4) is 0 Å². The zero-order valence-electron chi connectivity index (χ0n) is 12.2. The molecular weight excluding hydrogens is 248 g/mol. The predicted molar refractivity (Wildman–Crippen MR) is 82.2 cm³/mol. The zero-order valence-corrected chi connectivity index (χ0v) is 12.2. The quantitative estimate of drug-likeness (QED) is 0.929. The normalized spacial score (nSPS) is 15.2. The molecule has 0 amide bonds. The van der Waals surface area contributed by atoms with Crippen molar-refractivity contribution in [1.29, 1.82) is 0 Å². The van der Waals surface area contributed by atoms with Gasteiger partial charge in [0.15, 0.2) is 0 Å². The molecule has 4 heteroatoms. The van der Waals surface area contributed by atoms with E-state index >= 15 is 0 Å². The molecule has 1 fully saturated rings. The molecule has 106 valence electrons. The number of nitrogens with zero attached hydrogens (tertiary/aromatic N) is 3. The van der Waals surface area contributed by atoms with Gasteiger partial charge in [0, 0.05) is 25.2 Å². The first-order chi connectivity index (χ1) is 9.72. The molecule has 0 radical (unpaired) electrons. The van der Waals surface area contributed by atoms with E-state index in [-0.39, 0.29) is 0 Å². The number of hydrogen-bond acceptors (Lipinski definition) is 3. The zero-order chi connectivity index (χ0) is 14.1. The third-order valence-corrected chi connectivity index (χ3v) is 4.32. The molecule has 1 aromatic heterocycles. The molecule has 2 N–H and O–H groups in total.